The van der Waals surface area contributed by atoms with Gasteiger partial charge in [0.1, 0.15) is 0 Å². The zero-order valence-corrected chi connectivity index (χ0v) is 18.4. The van der Waals surface area contributed by atoms with Crippen molar-refractivity contribution in [2.24, 2.45) is 0 Å². The molecule has 0 aliphatic rings. The molecular weight excluding hydrogens is 350 g/mol. The number of amides is 1. The van der Waals surface area contributed by atoms with Gasteiger partial charge in [-0.2, -0.15) is 0 Å². The van der Waals surface area contributed by atoms with E-state index in [4.69, 9.17) is 5.11 Å². The number of allylic oxidation sites excluding steroid dienone is 3. The van der Waals surface area contributed by atoms with Crippen LogP contribution in [0.1, 0.15) is 104 Å². The first-order chi connectivity index (χ1) is 13.6. The fraction of sp³-hybridized carbons (Fsp3) is 0.792. The monoisotopic (exact) mass is 395 g/mol. The molecule has 2 unspecified atom stereocenters. The minimum absolute atomic E-state index is 0.253. The summed E-state index contributed by atoms with van der Waals surface area (Å²) in [4.78, 5) is 11.0. The SMILES string of the molecule is CCCCCCCCCCCCC/C=C/CC/C=C/C(O)C(CO)NC(C)=O. The quantitative estimate of drug-likeness (QED) is 0.201. The van der Waals surface area contributed by atoms with Gasteiger partial charge in [0, 0.05) is 6.92 Å². The standard InChI is InChI=1S/C24H45NO3/c1-3-4-5-6-7-8-9-10-11-12-13-14-15-16-17-18-19-20-24(28)23(21-26)25-22(2)27/h15-16,19-20,23-24,26,28H,3-14,17-18,21H2,1-2H3,(H,25,27)/b16-15+,20-19+. The number of nitrogens with one attached hydrogen (secondary N) is 1. The molecule has 0 aromatic carbocycles. The van der Waals surface area contributed by atoms with E-state index in [1.54, 1.807) is 6.08 Å². The molecular formula is C24H45NO3. The Kier molecular flexibility index (Phi) is 19.8. The van der Waals surface area contributed by atoms with Crippen molar-refractivity contribution in [2.75, 3.05) is 6.61 Å². The van der Waals surface area contributed by atoms with Crippen LogP contribution in [0.4, 0.5) is 0 Å². The molecule has 0 aromatic heterocycles. The number of hydrogen-bond acceptors (Lipinski definition) is 3. The van der Waals surface area contributed by atoms with Crippen LogP contribution in [0.25, 0.3) is 0 Å². The molecule has 3 N–H and O–H groups in total. The van der Waals surface area contributed by atoms with E-state index in [0.29, 0.717) is 0 Å². The van der Waals surface area contributed by atoms with Crippen molar-refractivity contribution in [3.05, 3.63) is 24.3 Å². The summed E-state index contributed by atoms with van der Waals surface area (Å²) in [5.74, 6) is -0.253. The molecule has 0 aliphatic carbocycles. The second kappa shape index (κ2) is 20.6. The molecule has 0 spiro atoms. The van der Waals surface area contributed by atoms with Gasteiger partial charge in [-0.1, -0.05) is 95.4 Å². The topological polar surface area (TPSA) is 69.6 Å². The molecule has 0 bridgehead atoms. The van der Waals surface area contributed by atoms with E-state index in [9.17, 15) is 9.90 Å². The van der Waals surface area contributed by atoms with Crippen molar-refractivity contribution in [1.82, 2.24) is 5.32 Å². The largest absolute Gasteiger partial charge is 0.394 e. The van der Waals surface area contributed by atoms with Gasteiger partial charge in [0.15, 0.2) is 0 Å². The molecule has 1 amide bonds. The van der Waals surface area contributed by atoms with Crippen LogP contribution in [-0.2, 0) is 4.79 Å². The van der Waals surface area contributed by atoms with Crippen molar-refractivity contribution in [3.63, 3.8) is 0 Å². The second-order valence-corrected chi connectivity index (χ2v) is 7.78. The van der Waals surface area contributed by atoms with Gasteiger partial charge in [0.05, 0.1) is 18.8 Å². The first-order valence-corrected chi connectivity index (χ1v) is 11.5. The summed E-state index contributed by atoms with van der Waals surface area (Å²) < 4.78 is 0. The number of carbonyl (C=O) groups is 1. The maximum absolute atomic E-state index is 11.0. The van der Waals surface area contributed by atoms with E-state index in [0.717, 1.165) is 19.3 Å². The lowest BCUT2D eigenvalue weighted by Crippen LogP contribution is -2.44. The van der Waals surface area contributed by atoms with Gasteiger partial charge < -0.3 is 15.5 Å². The summed E-state index contributed by atoms with van der Waals surface area (Å²) in [5.41, 5.74) is 0. The zero-order valence-electron chi connectivity index (χ0n) is 18.4. The Hall–Kier alpha value is -1.13. The van der Waals surface area contributed by atoms with Crippen LogP contribution >= 0.6 is 0 Å². The first-order valence-electron chi connectivity index (χ1n) is 11.5. The van der Waals surface area contributed by atoms with Crippen LogP contribution in [0.5, 0.6) is 0 Å². The number of aliphatic hydroxyl groups is 2. The van der Waals surface area contributed by atoms with Crippen LogP contribution in [0, 0.1) is 0 Å². The summed E-state index contributed by atoms with van der Waals surface area (Å²) in [6, 6.07) is -0.634. The van der Waals surface area contributed by atoms with Gasteiger partial charge >= 0.3 is 0 Å². The average Bonchev–Trinajstić information content (AvgIpc) is 2.68. The van der Waals surface area contributed by atoms with Crippen LogP contribution in [0.2, 0.25) is 0 Å². The molecule has 0 radical (unpaired) electrons. The summed E-state index contributed by atoms with van der Waals surface area (Å²) >= 11 is 0. The Morgan fingerprint density at radius 2 is 1.32 bits per heavy atom. The lowest BCUT2D eigenvalue weighted by molar-refractivity contribution is -0.120. The van der Waals surface area contributed by atoms with E-state index < -0.39 is 12.1 Å². The fourth-order valence-electron chi connectivity index (χ4n) is 3.22. The summed E-state index contributed by atoms with van der Waals surface area (Å²) in [7, 11) is 0. The van der Waals surface area contributed by atoms with E-state index in [2.05, 4.69) is 24.4 Å². The Morgan fingerprint density at radius 3 is 1.86 bits per heavy atom. The van der Waals surface area contributed by atoms with Gasteiger partial charge in [0.25, 0.3) is 0 Å². The highest BCUT2D eigenvalue weighted by Gasteiger charge is 2.15. The van der Waals surface area contributed by atoms with Crippen molar-refractivity contribution >= 4 is 5.91 Å². The molecule has 0 rings (SSSR count). The smallest absolute Gasteiger partial charge is 0.217 e. The van der Waals surface area contributed by atoms with Gasteiger partial charge in [-0.05, 0) is 25.7 Å². The van der Waals surface area contributed by atoms with Crippen molar-refractivity contribution in [1.29, 1.82) is 0 Å². The Labute approximate surface area is 173 Å². The molecule has 0 saturated carbocycles. The average molecular weight is 396 g/mol. The molecule has 28 heavy (non-hydrogen) atoms. The lowest BCUT2D eigenvalue weighted by atomic mass is 10.1. The maximum atomic E-state index is 11.0. The summed E-state index contributed by atoms with van der Waals surface area (Å²) in [6.07, 6.45) is 25.3. The highest BCUT2D eigenvalue weighted by Crippen LogP contribution is 2.12. The fourth-order valence-corrected chi connectivity index (χ4v) is 3.22. The number of hydrogen-bond donors (Lipinski definition) is 3. The number of unbranched alkanes of at least 4 members (excludes halogenated alkanes) is 12. The van der Waals surface area contributed by atoms with Crippen LogP contribution in [0.3, 0.4) is 0 Å². The van der Waals surface area contributed by atoms with Crippen LogP contribution < -0.4 is 5.32 Å². The van der Waals surface area contributed by atoms with Gasteiger partial charge in [0.2, 0.25) is 5.91 Å². The Bertz CT molecular complexity index is 407. The van der Waals surface area contributed by atoms with Gasteiger partial charge in [-0.15, -0.1) is 0 Å². The molecule has 2 atom stereocenters. The zero-order chi connectivity index (χ0) is 20.9. The highest BCUT2D eigenvalue weighted by atomic mass is 16.3. The van der Waals surface area contributed by atoms with E-state index in [-0.39, 0.29) is 12.5 Å². The van der Waals surface area contributed by atoms with Gasteiger partial charge in [-0.25, -0.2) is 0 Å². The summed E-state index contributed by atoms with van der Waals surface area (Å²) in [5, 5.41) is 21.6. The van der Waals surface area contributed by atoms with Crippen LogP contribution in [0.15, 0.2) is 24.3 Å². The Morgan fingerprint density at radius 1 is 0.821 bits per heavy atom. The predicted octanol–water partition coefficient (Wildman–Crippen LogP) is 5.44. The van der Waals surface area contributed by atoms with Gasteiger partial charge in [-0.3, -0.25) is 4.79 Å². The molecule has 0 heterocycles. The lowest BCUT2D eigenvalue weighted by Gasteiger charge is -2.18. The minimum atomic E-state index is -0.853. The van der Waals surface area contributed by atoms with E-state index in [1.807, 2.05) is 6.08 Å². The van der Waals surface area contributed by atoms with Crippen molar-refractivity contribution < 1.29 is 15.0 Å². The van der Waals surface area contributed by atoms with E-state index in [1.165, 1.54) is 77.6 Å². The molecule has 0 aromatic rings. The predicted molar refractivity (Wildman–Crippen MR) is 119 cm³/mol. The number of carbonyl (C=O) groups excluding carboxylic acids is 1. The summed E-state index contributed by atoms with van der Waals surface area (Å²) in [6.45, 7) is 3.37. The maximum Gasteiger partial charge on any atom is 0.217 e. The molecule has 4 heteroatoms. The van der Waals surface area contributed by atoms with Crippen LogP contribution in [-0.4, -0.2) is 34.9 Å². The first kappa shape index (κ1) is 26.9. The normalized spacial score (nSPS) is 14.0. The third-order valence-corrected chi connectivity index (χ3v) is 4.97. The molecule has 0 saturated heterocycles. The van der Waals surface area contributed by atoms with E-state index >= 15 is 0 Å². The van der Waals surface area contributed by atoms with Crippen molar-refractivity contribution in [3.8, 4) is 0 Å². The molecule has 164 valence electrons. The van der Waals surface area contributed by atoms with Crippen molar-refractivity contribution in [2.45, 2.75) is 116 Å². The minimum Gasteiger partial charge on any atom is -0.394 e. The third-order valence-electron chi connectivity index (χ3n) is 4.97. The molecule has 0 fully saturated rings. The highest BCUT2D eigenvalue weighted by molar-refractivity contribution is 5.73. The number of rotatable bonds is 19. The Balaban J connectivity index is 3.47. The third kappa shape index (κ3) is 18.2. The molecule has 0 aliphatic heterocycles. The second-order valence-electron chi connectivity index (χ2n) is 7.78. The number of aliphatic hydroxyl groups excluding tert-OH is 2. The molecule has 4 nitrogen and oxygen atoms in total.